The second-order valence-corrected chi connectivity index (χ2v) is 32.4. The van der Waals surface area contributed by atoms with Gasteiger partial charge in [-0.15, -0.1) is 0 Å². The van der Waals surface area contributed by atoms with E-state index >= 15 is 0 Å². The molecule has 19 heteroatoms. The minimum Gasteiger partial charge on any atom is -0.462 e. The van der Waals surface area contributed by atoms with E-state index < -0.39 is 97.5 Å². The molecule has 0 aliphatic carbocycles. The Morgan fingerprint density at radius 3 is 0.701 bits per heavy atom. The Morgan fingerprint density at radius 2 is 0.474 bits per heavy atom. The van der Waals surface area contributed by atoms with Crippen molar-refractivity contribution in [2.24, 2.45) is 17.8 Å². The Bertz CT molecular complexity index is 1890. The molecule has 17 nitrogen and oxygen atoms in total. The van der Waals surface area contributed by atoms with Crippen LogP contribution in [0.4, 0.5) is 0 Å². The molecule has 576 valence electrons. The second-order valence-electron chi connectivity index (χ2n) is 29.5. The number of phosphoric acid groups is 2. The zero-order chi connectivity index (χ0) is 71.6. The highest BCUT2D eigenvalue weighted by Crippen LogP contribution is 2.45. The monoisotopic (exact) mass is 1420 g/mol. The quantitative estimate of drug-likeness (QED) is 0.0222. The van der Waals surface area contributed by atoms with Crippen LogP contribution in [0, 0.1) is 17.8 Å². The average Bonchev–Trinajstić information content (AvgIpc) is 1.46. The van der Waals surface area contributed by atoms with Gasteiger partial charge in [0.05, 0.1) is 26.4 Å². The molecule has 0 bridgehead atoms. The predicted octanol–water partition coefficient (Wildman–Crippen LogP) is 23.0. The van der Waals surface area contributed by atoms with Crippen LogP contribution < -0.4 is 0 Å². The Morgan fingerprint density at radius 1 is 0.278 bits per heavy atom. The van der Waals surface area contributed by atoms with Crippen LogP contribution >= 0.6 is 15.6 Å². The molecule has 0 radical (unpaired) electrons. The van der Waals surface area contributed by atoms with Crippen LogP contribution in [0.2, 0.25) is 0 Å². The number of esters is 4. The first kappa shape index (κ1) is 95.1. The fraction of sp³-hybridized carbons (Fsp3) is 0.949. The van der Waals surface area contributed by atoms with Crippen LogP contribution in [0.5, 0.6) is 0 Å². The molecule has 0 rings (SSSR count). The molecule has 0 aliphatic heterocycles. The first-order valence-corrected chi connectivity index (χ1v) is 43.3. The summed E-state index contributed by atoms with van der Waals surface area (Å²) < 4.78 is 68.6. The van der Waals surface area contributed by atoms with Crippen molar-refractivity contribution in [2.75, 3.05) is 39.6 Å². The van der Waals surface area contributed by atoms with Gasteiger partial charge in [-0.3, -0.25) is 37.3 Å². The second kappa shape index (κ2) is 68.5. The van der Waals surface area contributed by atoms with Crippen molar-refractivity contribution >= 4 is 39.5 Å². The number of unbranched alkanes of at least 4 members (excludes halogenated alkanes) is 44. The molecule has 5 atom stereocenters. The van der Waals surface area contributed by atoms with Gasteiger partial charge in [-0.2, -0.15) is 0 Å². The summed E-state index contributed by atoms with van der Waals surface area (Å²) in [7, 11) is -9.91. The lowest BCUT2D eigenvalue weighted by molar-refractivity contribution is -0.161. The van der Waals surface area contributed by atoms with E-state index in [1.165, 1.54) is 205 Å². The molecule has 0 aromatic carbocycles. The predicted molar refractivity (Wildman–Crippen MR) is 395 cm³/mol. The molecule has 0 heterocycles. The van der Waals surface area contributed by atoms with Gasteiger partial charge in [0.15, 0.2) is 12.2 Å². The van der Waals surface area contributed by atoms with E-state index in [0.29, 0.717) is 31.6 Å². The van der Waals surface area contributed by atoms with E-state index in [9.17, 15) is 43.2 Å². The van der Waals surface area contributed by atoms with Gasteiger partial charge in [0.2, 0.25) is 0 Å². The highest BCUT2D eigenvalue weighted by atomic mass is 31.2. The summed E-state index contributed by atoms with van der Waals surface area (Å²) >= 11 is 0. The third-order valence-corrected chi connectivity index (χ3v) is 20.0. The van der Waals surface area contributed by atoms with Gasteiger partial charge in [-0.25, -0.2) is 9.13 Å². The molecule has 3 N–H and O–H groups in total. The third-order valence-electron chi connectivity index (χ3n) is 18.1. The average molecular weight is 1420 g/mol. The van der Waals surface area contributed by atoms with E-state index in [2.05, 4.69) is 48.5 Å². The summed E-state index contributed by atoms with van der Waals surface area (Å²) in [5.74, 6) is 0.164. The maximum atomic E-state index is 13.1. The molecule has 0 saturated heterocycles. The van der Waals surface area contributed by atoms with Crippen molar-refractivity contribution in [2.45, 2.75) is 420 Å². The number of hydrogen-bond acceptors (Lipinski definition) is 15. The molecule has 0 aromatic rings. The SMILES string of the molecule is CCCCCCCCCCCCCCCC(=O)O[C@H](COC(=O)CCCCCCCCC(C)C)COP(=O)(O)OC[C@H](O)COP(=O)(O)OC[C@@H](COC(=O)CCCCCCCCCCCCCCCC(C)C)OC(=O)CCCCCCCCCCCCCCCCCCC(C)C. The van der Waals surface area contributed by atoms with Crippen molar-refractivity contribution < 1.29 is 80.2 Å². The number of hydrogen-bond donors (Lipinski definition) is 3. The van der Waals surface area contributed by atoms with Crippen molar-refractivity contribution in [1.82, 2.24) is 0 Å². The van der Waals surface area contributed by atoms with Crippen molar-refractivity contribution in [3.05, 3.63) is 0 Å². The Kier molecular flexibility index (Phi) is 67.1. The standard InChI is InChI=1S/C78H152O17P2/c1-8-9-10-11-12-13-14-20-28-33-38-47-54-61-78(83)95-74(66-89-76(81)60-53-46-41-40-44-51-58-71(6)7)68-93-97(86,87)91-64-72(79)63-90-96(84,85)92-67-73(65-88-75(80)59-52-45-37-32-27-24-19-22-26-31-36-43-50-57-70(4)5)94-77(82)62-55-48-39-34-29-23-18-16-15-17-21-25-30-35-42-49-56-69(2)3/h69-74,79H,8-68H2,1-7H3,(H,84,85)(H,86,87)/t72-,73-,74-/m1/s1. The summed E-state index contributed by atoms with van der Waals surface area (Å²) in [4.78, 5) is 72.9. The van der Waals surface area contributed by atoms with Crippen molar-refractivity contribution in [3.63, 3.8) is 0 Å². The summed E-state index contributed by atoms with van der Waals surface area (Å²) in [5, 5.41) is 10.6. The number of ether oxygens (including phenoxy) is 4. The van der Waals surface area contributed by atoms with Gasteiger partial charge in [0.1, 0.15) is 19.3 Å². The van der Waals surface area contributed by atoms with E-state index in [1.54, 1.807) is 0 Å². The molecule has 0 fully saturated rings. The minimum atomic E-state index is -4.96. The van der Waals surface area contributed by atoms with E-state index in [4.69, 9.17) is 37.0 Å². The van der Waals surface area contributed by atoms with Crippen LogP contribution in [0.15, 0.2) is 0 Å². The molecule has 0 spiro atoms. The van der Waals surface area contributed by atoms with Crippen LogP contribution in [-0.2, 0) is 65.4 Å². The summed E-state index contributed by atoms with van der Waals surface area (Å²) in [6, 6.07) is 0. The number of carbonyl (C=O) groups excluding carboxylic acids is 4. The van der Waals surface area contributed by atoms with Crippen LogP contribution in [-0.4, -0.2) is 96.7 Å². The lowest BCUT2D eigenvalue weighted by Gasteiger charge is -2.21. The first-order chi connectivity index (χ1) is 46.7. The fourth-order valence-corrected chi connectivity index (χ4v) is 13.5. The normalized spacial score (nSPS) is 14.0. The number of carbonyl (C=O) groups is 4. The maximum Gasteiger partial charge on any atom is 0.472 e. The molecule has 0 aromatic heterocycles. The first-order valence-electron chi connectivity index (χ1n) is 40.3. The van der Waals surface area contributed by atoms with Gasteiger partial charge in [-0.1, -0.05) is 350 Å². The third kappa shape index (κ3) is 72.2. The van der Waals surface area contributed by atoms with Gasteiger partial charge in [0.25, 0.3) is 0 Å². The van der Waals surface area contributed by atoms with Gasteiger partial charge in [-0.05, 0) is 43.4 Å². The van der Waals surface area contributed by atoms with E-state index in [1.807, 2.05) is 0 Å². The lowest BCUT2D eigenvalue weighted by atomic mass is 10.0. The Balaban J connectivity index is 5.23. The molecular formula is C78H152O17P2. The fourth-order valence-electron chi connectivity index (χ4n) is 12.0. The molecule has 2 unspecified atom stereocenters. The highest BCUT2D eigenvalue weighted by molar-refractivity contribution is 7.47. The highest BCUT2D eigenvalue weighted by Gasteiger charge is 2.30. The molecule has 0 aliphatic rings. The van der Waals surface area contributed by atoms with E-state index in [-0.39, 0.29) is 25.7 Å². The smallest absolute Gasteiger partial charge is 0.462 e. The zero-order valence-electron chi connectivity index (χ0n) is 63.5. The van der Waals surface area contributed by atoms with Gasteiger partial charge < -0.3 is 33.8 Å². The lowest BCUT2D eigenvalue weighted by Crippen LogP contribution is -2.30. The van der Waals surface area contributed by atoms with E-state index in [0.717, 1.165) is 108 Å². The zero-order valence-corrected chi connectivity index (χ0v) is 65.3. The summed E-state index contributed by atoms with van der Waals surface area (Å²) in [6.45, 7) is 11.9. The summed E-state index contributed by atoms with van der Waals surface area (Å²) in [5.41, 5.74) is 0. The molecule has 0 saturated carbocycles. The Labute approximate surface area is 594 Å². The number of phosphoric ester groups is 2. The van der Waals surface area contributed by atoms with Crippen molar-refractivity contribution in [3.8, 4) is 0 Å². The topological polar surface area (TPSA) is 237 Å². The number of aliphatic hydroxyl groups excluding tert-OH is 1. The number of rotatable bonds is 76. The van der Waals surface area contributed by atoms with Crippen LogP contribution in [0.1, 0.15) is 402 Å². The molecular weight excluding hydrogens is 1270 g/mol. The van der Waals surface area contributed by atoms with Crippen LogP contribution in [0.25, 0.3) is 0 Å². The van der Waals surface area contributed by atoms with Crippen molar-refractivity contribution in [1.29, 1.82) is 0 Å². The Hall–Kier alpha value is -1.94. The largest absolute Gasteiger partial charge is 0.472 e. The summed E-state index contributed by atoms with van der Waals surface area (Å²) in [6.07, 6.45) is 55.6. The molecule has 97 heavy (non-hydrogen) atoms. The maximum absolute atomic E-state index is 13.1. The van der Waals surface area contributed by atoms with Gasteiger partial charge in [0, 0.05) is 25.7 Å². The van der Waals surface area contributed by atoms with Gasteiger partial charge >= 0.3 is 39.5 Å². The molecule has 0 amide bonds. The number of aliphatic hydroxyl groups is 1. The van der Waals surface area contributed by atoms with Crippen LogP contribution in [0.3, 0.4) is 0 Å². The minimum absolute atomic E-state index is 0.106.